The van der Waals surface area contributed by atoms with Crippen LogP contribution in [0.1, 0.15) is 48.1 Å². The Balaban J connectivity index is 2.09. The Labute approximate surface area is 178 Å². The Kier molecular flexibility index (Phi) is 5.56. The number of hydrogen-bond acceptors (Lipinski definition) is 4. The van der Waals surface area contributed by atoms with Gasteiger partial charge in [0.15, 0.2) is 0 Å². The predicted octanol–water partition coefficient (Wildman–Crippen LogP) is 4.43. The number of halogens is 2. The molecule has 152 valence electrons. The lowest BCUT2D eigenvalue weighted by Crippen LogP contribution is -2.21. The van der Waals surface area contributed by atoms with E-state index in [2.05, 4.69) is 20.4 Å². The number of aromatic amines is 1. The van der Waals surface area contributed by atoms with E-state index in [1.54, 1.807) is 26.0 Å². The quantitative estimate of drug-likeness (QED) is 0.638. The molecule has 1 aromatic carbocycles. The molecule has 0 saturated carbocycles. The van der Waals surface area contributed by atoms with E-state index < -0.39 is 5.91 Å². The van der Waals surface area contributed by atoms with E-state index in [1.165, 1.54) is 16.8 Å². The summed E-state index contributed by atoms with van der Waals surface area (Å²) in [4.78, 5) is 32.1. The van der Waals surface area contributed by atoms with E-state index in [0.717, 1.165) is 5.69 Å². The number of aryl methyl sites for hydroxylation is 1. The number of anilines is 1. The topological polar surface area (TPSA) is 92.7 Å². The highest BCUT2D eigenvalue weighted by Gasteiger charge is 2.23. The lowest BCUT2D eigenvalue weighted by atomic mass is 9.92. The maximum Gasteiger partial charge on any atom is 0.256 e. The minimum Gasteiger partial charge on any atom is -0.306 e. The highest BCUT2D eigenvalue weighted by Crippen LogP contribution is 2.26. The van der Waals surface area contributed by atoms with Gasteiger partial charge in [0.2, 0.25) is 5.95 Å². The molecule has 0 radical (unpaired) electrons. The van der Waals surface area contributed by atoms with Gasteiger partial charge in [-0.05, 0) is 32.0 Å². The van der Waals surface area contributed by atoms with Gasteiger partial charge in [-0.15, -0.1) is 0 Å². The van der Waals surface area contributed by atoms with Crippen molar-refractivity contribution in [3.05, 3.63) is 67.2 Å². The molecule has 2 aromatic heterocycles. The molecule has 3 aromatic rings. The Morgan fingerprint density at radius 3 is 2.28 bits per heavy atom. The van der Waals surface area contributed by atoms with Gasteiger partial charge in [-0.25, -0.2) is 4.98 Å². The van der Waals surface area contributed by atoms with E-state index >= 15 is 0 Å². The third-order valence-corrected chi connectivity index (χ3v) is 4.86. The third kappa shape index (κ3) is 4.52. The first-order valence-corrected chi connectivity index (χ1v) is 9.67. The van der Waals surface area contributed by atoms with Gasteiger partial charge in [-0.2, -0.15) is 9.78 Å². The number of rotatable bonds is 3. The molecular weight excluding hydrogens is 413 g/mol. The third-order valence-electron chi connectivity index (χ3n) is 4.43. The summed E-state index contributed by atoms with van der Waals surface area (Å²) in [7, 11) is 0. The molecule has 0 bridgehead atoms. The van der Waals surface area contributed by atoms with E-state index in [0.29, 0.717) is 32.7 Å². The second-order valence-corrected chi connectivity index (χ2v) is 8.66. The number of nitrogens with one attached hydrogen (secondary N) is 2. The summed E-state index contributed by atoms with van der Waals surface area (Å²) in [5, 5.41) is 8.08. The van der Waals surface area contributed by atoms with E-state index in [1.807, 2.05) is 20.8 Å². The number of benzene rings is 1. The number of aromatic nitrogens is 4. The van der Waals surface area contributed by atoms with Crippen molar-refractivity contribution in [2.75, 3.05) is 5.32 Å². The Morgan fingerprint density at radius 1 is 1.10 bits per heavy atom. The van der Waals surface area contributed by atoms with Crippen LogP contribution in [0.3, 0.4) is 0 Å². The average molecular weight is 434 g/mol. The lowest BCUT2D eigenvalue weighted by Gasteiger charge is -2.14. The van der Waals surface area contributed by atoms with E-state index in [-0.39, 0.29) is 16.9 Å². The maximum absolute atomic E-state index is 12.8. The number of amides is 1. The smallest absolute Gasteiger partial charge is 0.256 e. The van der Waals surface area contributed by atoms with Crippen LogP contribution in [0.2, 0.25) is 10.0 Å². The molecule has 3 rings (SSSR count). The Hall–Kier alpha value is -2.64. The minimum atomic E-state index is -0.415. The molecule has 0 aliphatic rings. The molecule has 0 unspecified atom stereocenters. The maximum atomic E-state index is 12.8. The molecule has 0 aliphatic heterocycles. The molecule has 7 nitrogen and oxygen atoms in total. The minimum absolute atomic E-state index is 0.216. The zero-order valence-corrected chi connectivity index (χ0v) is 18.2. The number of H-pyrrole nitrogens is 1. The van der Waals surface area contributed by atoms with Crippen LogP contribution in [-0.2, 0) is 5.41 Å². The second-order valence-electron chi connectivity index (χ2n) is 7.79. The van der Waals surface area contributed by atoms with Crippen LogP contribution in [0.25, 0.3) is 5.95 Å². The van der Waals surface area contributed by atoms with Gasteiger partial charge >= 0.3 is 0 Å². The van der Waals surface area contributed by atoms with Crippen molar-refractivity contribution in [1.29, 1.82) is 0 Å². The van der Waals surface area contributed by atoms with Crippen LogP contribution in [-0.4, -0.2) is 25.7 Å². The van der Waals surface area contributed by atoms with Gasteiger partial charge in [-0.3, -0.25) is 14.6 Å². The highest BCUT2D eigenvalue weighted by atomic mass is 35.5. The van der Waals surface area contributed by atoms with Crippen LogP contribution in [0.5, 0.6) is 0 Å². The van der Waals surface area contributed by atoms with Gasteiger partial charge in [-0.1, -0.05) is 44.0 Å². The molecule has 0 fully saturated rings. The van der Waals surface area contributed by atoms with Gasteiger partial charge in [0.1, 0.15) is 5.82 Å². The molecule has 1 amide bonds. The van der Waals surface area contributed by atoms with Gasteiger partial charge in [0.05, 0.1) is 5.69 Å². The molecule has 29 heavy (non-hydrogen) atoms. The summed E-state index contributed by atoms with van der Waals surface area (Å²) in [6, 6.07) is 6.33. The molecule has 0 saturated heterocycles. The van der Waals surface area contributed by atoms with Crippen molar-refractivity contribution < 1.29 is 4.79 Å². The van der Waals surface area contributed by atoms with Gasteiger partial charge in [0, 0.05) is 38.3 Å². The molecule has 0 atom stereocenters. The van der Waals surface area contributed by atoms with E-state index in [4.69, 9.17) is 23.2 Å². The van der Waals surface area contributed by atoms with Crippen molar-refractivity contribution in [3.8, 4) is 5.95 Å². The molecular formula is C20H21Cl2N5O2. The van der Waals surface area contributed by atoms with Gasteiger partial charge < -0.3 is 5.32 Å². The van der Waals surface area contributed by atoms with E-state index in [9.17, 15) is 9.59 Å². The number of hydrogen-bond donors (Lipinski definition) is 2. The normalized spacial score (nSPS) is 11.6. The van der Waals surface area contributed by atoms with Crippen LogP contribution < -0.4 is 10.9 Å². The highest BCUT2D eigenvalue weighted by molar-refractivity contribution is 6.35. The summed E-state index contributed by atoms with van der Waals surface area (Å²) in [5.41, 5.74) is 1.57. The first-order valence-electron chi connectivity index (χ1n) is 8.91. The Morgan fingerprint density at radius 2 is 1.72 bits per heavy atom. The zero-order chi connectivity index (χ0) is 21.5. The predicted molar refractivity (Wildman–Crippen MR) is 115 cm³/mol. The van der Waals surface area contributed by atoms with Crippen LogP contribution >= 0.6 is 23.2 Å². The first-order chi connectivity index (χ1) is 13.5. The number of carbonyl (C=O) groups excluding carboxylic acids is 1. The SMILES string of the molecule is Cc1nc(-n2nc(C(C)(C)C)cc2NC(=O)c2cc(Cl)cc(Cl)c2)[nH]c(=O)c1C. The van der Waals surface area contributed by atoms with Crippen molar-refractivity contribution in [3.63, 3.8) is 0 Å². The number of carbonyl (C=O) groups is 1. The zero-order valence-electron chi connectivity index (χ0n) is 16.7. The fourth-order valence-electron chi connectivity index (χ4n) is 2.60. The van der Waals surface area contributed by atoms with Gasteiger partial charge in [0.25, 0.3) is 11.5 Å². The van der Waals surface area contributed by atoms with Crippen molar-refractivity contribution in [2.45, 2.75) is 40.0 Å². The average Bonchev–Trinajstić information content (AvgIpc) is 3.02. The van der Waals surface area contributed by atoms with Crippen molar-refractivity contribution >= 4 is 34.9 Å². The molecule has 0 aliphatic carbocycles. The lowest BCUT2D eigenvalue weighted by molar-refractivity contribution is 0.102. The molecule has 9 heteroatoms. The van der Waals surface area contributed by atoms with Crippen LogP contribution in [0.15, 0.2) is 29.1 Å². The molecule has 2 heterocycles. The largest absolute Gasteiger partial charge is 0.306 e. The first kappa shape index (κ1) is 21.1. The Bertz CT molecular complexity index is 1140. The molecule has 2 N–H and O–H groups in total. The van der Waals surface area contributed by atoms with Crippen LogP contribution in [0.4, 0.5) is 5.82 Å². The second kappa shape index (κ2) is 7.65. The molecule has 0 spiro atoms. The summed E-state index contributed by atoms with van der Waals surface area (Å²) in [5.74, 6) is 0.164. The van der Waals surface area contributed by atoms with Crippen molar-refractivity contribution in [2.24, 2.45) is 0 Å². The van der Waals surface area contributed by atoms with Crippen LogP contribution in [0, 0.1) is 13.8 Å². The fraction of sp³-hybridized carbons (Fsp3) is 0.300. The van der Waals surface area contributed by atoms with Crippen molar-refractivity contribution in [1.82, 2.24) is 19.7 Å². The number of nitrogens with zero attached hydrogens (tertiary/aromatic N) is 3. The monoisotopic (exact) mass is 433 g/mol. The summed E-state index contributed by atoms with van der Waals surface area (Å²) < 4.78 is 1.42. The standard InChI is InChI=1S/C20H21Cl2N5O2/c1-10-11(2)23-19(25-17(10)28)27-16(9-15(26-27)20(3,4)5)24-18(29)12-6-13(21)8-14(22)7-12/h6-9H,1-5H3,(H,24,29)(H,23,25,28). The fourth-order valence-corrected chi connectivity index (χ4v) is 3.13. The summed E-state index contributed by atoms with van der Waals surface area (Å²) >= 11 is 12.0. The summed E-state index contributed by atoms with van der Waals surface area (Å²) in [6.45, 7) is 9.43. The summed E-state index contributed by atoms with van der Waals surface area (Å²) in [6.07, 6.45) is 0.